The van der Waals surface area contributed by atoms with Crippen molar-refractivity contribution in [2.45, 2.75) is 0 Å². The molecule has 1 aliphatic heterocycles. The van der Waals surface area contributed by atoms with E-state index in [2.05, 4.69) is 20.2 Å². The molecule has 0 amide bonds. The molecule has 0 aromatic heterocycles. The van der Waals surface area contributed by atoms with E-state index < -0.39 is 0 Å². The normalized spacial score (nSPS) is 19.0. The van der Waals surface area contributed by atoms with E-state index in [1.807, 2.05) is 24.3 Å². The minimum Gasteiger partial charge on any atom is -0.233 e. The molecule has 1 aromatic carbocycles. The van der Waals surface area contributed by atoms with Crippen LogP contribution in [-0.2, 0) is 0 Å². The maximum absolute atomic E-state index is 4.05. The van der Waals surface area contributed by atoms with Gasteiger partial charge in [0.15, 0.2) is 0 Å². The van der Waals surface area contributed by atoms with Gasteiger partial charge < -0.3 is 0 Å². The lowest BCUT2D eigenvalue weighted by Gasteiger charge is -1.87. The lowest BCUT2D eigenvalue weighted by molar-refractivity contribution is 1.18. The summed E-state index contributed by atoms with van der Waals surface area (Å²) in [6.45, 7) is 0. The van der Waals surface area contributed by atoms with Gasteiger partial charge in [-0.3, -0.25) is 0 Å². The Morgan fingerprint density at radius 2 is 1.25 bits per heavy atom. The summed E-state index contributed by atoms with van der Waals surface area (Å²) < 4.78 is 0. The Morgan fingerprint density at radius 3 is 1.75 bits per heavy atom. The van der Waals surface area contributed by atoms with Crippen LogP contribution in [0.25, 0.3) is 0 Å². The third-order valence-corrected chi connectivity index (χ3v) is 1.45. The van der Waals surface area contributed by atoms with Gasteiger partial charge in [-0.1, -0.05) is 12.1 Å². The van der Waals surface area contributed by atoms with Crippen molar-refractivity contribution in [3.05, 3.63) is 35.0 Å². The molecule has 4 nitrogen and oxygen atoms in total. The molecule has 0 aliphatic carbocycles. The first-order chi connectivity index (χ1) is 5.97. The smallest absolute Gasteiger partial charge is 0.138 e. The second kappa shape index (κ2) is 3.04. The van der Waals surface area contributed by atoms with Crippen LogP contribution < -0.4 is 10.7 Å². The highest BCUT2D eigenvalue weighted by molar-refractivity contribution is 5.60. The van der Waals surface area contributed by atoms with Gasteiger partial charge in [-0.25, -0.2) is 9.98 Å². The maximum Gasteiger partial charge on any atom is 0.138 e. The van der Waals surface area contributed by atoms with E-state index in [0.29, 0.717) is 0 Å². The second-order valence-electron chi connectivity index (χ2n) is 2.21. The maximum atomic E-state index is 4.05. The number of para-hydroxylation sites is 2. The van der Waals surface area contributed by atoms with Gasteiger partial charge in [0, 0.05) is 0 Å². The number of benzene rings is 1. The van der Waals surface area contributed by atoms with Crippen molar-refractivity contribution in [1.82, 2.24) is 0 Å². The third kappa shape index (κ3) is 1.27. The van der Waals surface area contributed by atoms with Gasteiger partial charge in [0.1, 0.15) is 12.7 Å². The fourth-order valence-electron chi connectivity index (χ4n) is 0.918. The first-order valence-electron chi connectivity index (χ1n) is 3.51. The summed E-state index contributed by atoms with van der Waals surface area (Å²) >= 11 is 0. The lowest BCUT2D eigenvalue weighted by atomic mass is 10.3. The summed E-state index contributed by atoms with van der Waals surface area (Å²) in [6, 6.07) is 7.57. The van der Waals surface area contributed by atoms with Gasteiger partial charge >= 0.3 is 0 Å². The molecule has 0 atom stereocenters. The van der Waals surface area contributed by atoms with Gasteiger partial charge in [-0.15, -0.1) is 10.2 Å². The van der Waals surface area contributed by atoms with Crippen LogP contribution in [0.5, 0.6) is 0 Å². The molecule has 0 saturated heterocycles. The minimum absolute atomic E-state index is 0.812. The van der Waals surface area contributed by atoms with E-state index in [1.54, 1.807) is 0 Å². The Labute approximate surface area is 68.7 Å². The van der Waals surface area contributed by atoms with Crippen LogP contribution in [0, 0.1) is 0 Å². The summed E-state index contributed by atoms with van der Waals surface area (Å²) in [5, 5.41) is 8.85. The van der Waals surface area contributed by atoms with Crippen LogP contribution in [0.4, 0.5) is 0 Å². The molecule has 1 aromatic rings. The zero-order chi connectivity index (χ0) is 8.23. The molecule has 0 radical (unpaired) electrons. The van der Waals surface area contributed by atoms with E-state index in [-0.39, 0.29) is 0 Å². The standard InChI is InChI=1S/C8H6N4/c1-2-4-8-7(3-1)9-5-11-12-6-10-8/h1-6H/b9-5?,9-7?,10-6?,10-8?,11-5-,12-6-,12-11?. The Morgan fingerprint density at radius 1 is 0.750 bits per heavy atom. The predicted molar refractivity (Wildman–Crippen MR) is 45.7 cm³/mol. The number of rotatable bonds is 0. The van der Waals surface area contributed by atoms with Crippen molar-refractivity contribution >= 4 is 12.7 Å². The molecule has 58 valence electrons. The van der Waals surface area contributed by atoms with Crippen LogP contribution in [0.15, 0.2) is 44.5 Å². The van der Waals surface area contributed by atoms with Crippen molar-refractivity contribution < 1.29 is 0 Å². The Hall–Kier alpha value is -1.84. The Balaban J connectivity index is 2.80. The fourth-order valence-corrected chi connectivity index (χ4v) is 0.918. The number of hydrogen-bond acceptors (Lipinski definition) is 4. The molecular formula is C8H6N4. The molecule has 0 unspecified atom stereocenters. The number of fused-ring (bicyclic) bond motifs is 1. The Bertz CT molecular complexity index is 401. The van der Waals surface area contributed by atoms with E-state index >= 15 is 0 Å². The molecule has 0 saturated carbocycles. The first-order valence-corrected chi connectivity index (χ1v) is 3.51. The van der Waals surface area contributed by atoms with E-state index in [4.69, 9.17) is 0 Å². The Kier molecular flexibility index (Phi) is 1.74. The molecule has 0 fully saturated rings. The van der Waals surface area contributed by atoms with Crippen molar-refractivity contribution in [2.24, 2.45) is 20.2 Å². The summed E-state index contributed by atoms with van der Waals surface area (Å²) in [7, 11) is 0. The molecule has 4 heteroatoms. The van der Waals surface area contributed by atoms with E-state index in [0.717, 1.165) is 10.7 Å². The van der Waals surface area contributed by atoms with Crippen LogP contribution in [0.2, 0.25) is 0 Å². The van der Waals surface area contributed by atoms with Crippen molar-refractivity contribution in [3.8, 4) is 0 Å². The van der Waals surface area contributed by atoms with Crippen molar-refractivity contribution in [3.63, 3.8) is 0 Å². The molecule has 0 bridgehead atoms. The van der Waals surface area contributed by atoms with Crippen molar-refractivity contribution in [2.75, 3.05) is 0 Å². The largest absolute Gasteiger partial charge is 0.233 e. The summed E-state index contributed by atoms with van der Waals surface area (Å²) in [6.07, 6.45) is 2.81. The topological polar surface area (TPSA) is 49.4 Å². The average molecular weight is 158 g/mol. The van der Waals surface area contributed by atoms with Crippen LogP contribution in [-0.4, -0.2) is 12.7 Å². The molecule has 1 heterocycles. The lowest BCUT2D eigenvalue weighted by Crippen LogP contribution is -2.25. The molecule has 1 aliphatic rings. The number of hydrogen-bond donors (Lipinski definition) is 0. The van der Waals surface area contributed by atoms with Crippen LogP contribution in [0.3, 0.4) is 0 Å². The van der Waals surface area contributed by atoms with E-state index in [9.17, 15) is 0 Å². The fraction of sp³-hybridized carbons (Fsp3) is 0. The van der Waals surface area contributed by atoms with Crippen molar-refractivity contribution in [1.29, 1.82) is 0 Å². The van der Waals surface area contributed by atoms with Gasteiger partial charge in [0.05, 0.1) is 10.7 Å². The third-order valence-electron chi connectivity index (χ3n) is 1.45. The average Bonchev–Trinajstić information content (AvgIpc) is 2.06. The highest BCUT2D eigenvalue weighted by Crippen LogP contribution is 1.74. The van der Waals surface area contributed by atoms with Gasteiger partial charge in [-0.2, -0.15) is 0 Å². The predicted octanol–water partition coefficient (Wildman–Crippen LogP) is -0.0890. The van der Waals surface area contributed by atoms with Crippen LogP contribution in [0.1, 0.15) is 0 Å². The monoisotopic (exact) mass is 158 g/mol. The molecule has 12 heavy (non-hydrogen) atoms. The summed E-state index contributed by atoms with van der Waals surface area (Å²) in [5.74, 6) is 0. The van der Waals surface area contributed by atoms with Crippen LogP contribution >= 0.6 is 0 Å². The molecule has 0 N–H and O–H groups in total. The van der Waals surface area contributed by atoms with E-state index in [1.165, 1.54) is 12.7 Å². The van der Waals surface area contributed by atoms with Gasteiger partial charge in [0.25, 0.3) is 0 Å². The summed E-state index contributed by atoms with van der Waals surface area (Å²) in [5.41, 5.74) is 0. The first kappa shape index (κ1) is 6.84. The van der Waals surface area contributed by atoms with Gasteiger partial charge in [-0.05, 0) is 12.1 Å². The molecule has 2 rings (SSSR count). The number of nitrogens with zero attached hydrogens (tertiary/aromatic N) is 4. The summed E-state index contributed by atoms with van der Waals surface area (Å²) in [4.78, 5) is 8.10. The zero-order valence-electron chi connectivity index (χ0n) is 6.25. The van der Waals surface area contributed by atoms with Gasteiger partial charge in [0.2, 0.25) is 0 Å². The second-order valence-corrected chi connectivity index (χ2v) is 2.21. The highest BCUT2D eigenvalue weighted by Gasteiger charge is 1.85. The molecular weight excluding hydrogens is 152 g/mol. The molecule has 0 spiro atoms. The minimum atomic E-state index is 0.812. The SMILES string of the molecule is C1=N\N=C/N=c2ccccc2=N/1. The zero-order valence-corrected chi connectivity index (χ0v) is 6.25. The quantitative estimate of drug-likeness (QED) is 0.506. The highest BCUT2D eigenvalue weighted by atomic mass is 15.2.